The van der Waals surface area contributed by atoms with Crippen LogP contribution < -0.4 is 9.47 Å². The van der Waals surface area contributed by atoms with Crippen molar-refractivity contribution in [2.75, 3.05) is 13.7 Å². The molecule has 0 N–H and O–H groups in total. The van der Waals surface area contributed by atoms with Crippen LogP contribution >= 0.6 is 27.7 Å². The molecule has 1 atom stereocenters. The Kier molecular flexibility index (Phi) is 9.10. The van der Waals surface area contributed by atoms with Gasteiger partial charge in [0.2, 0.25) is 0 Å². The molecule has 0 spiro atoms. The Morgan fingerprint density at radius 3 is 2.53 bits per heavy atom. The molecule has 2 aromatic carbocycles. The highest BCUT2D eigenvalue weighted by Gasteiger charge is 2.37. The van der Waals surface area contributed by atoms with E-state index in [0.29, 0.717) is 28.0 Å². The van der Waals surface area contributed by atoms with Crippen molar-refractivity contribution in [1.29, 1.82) is 0 Å². The van der Waals surface area contributed by atoms with E-state index in [1.807, 2.05) is 6.92 Å². The number of amides is 2. The maximum Gasteiger partial charge on any atom is 0.326 e. The molecule has 1 heterocycles. The molecule has 1 aliphatic rings. The molecule has 0 radical (unpaired) electrons. The lowest BCUT2D eigenvalue weighted by molar-refractivity contribution is -0.384. The standard InChI is InChI=1S/C24H23BrN2O8S/c1-4-14(2)35-22(28)12-26-23(29)21(36-24(26)30)10-16-9-19(33-3)20(11-18(16)25)34-13-15-5-7-17(8-6-15)27(31)32/h5-11,14H,4,12-13H2,1-3H3/b21-10+/t14-/m0/s1. The molecule has 0 aliphatic carbocycles. The molecule has 2 amide bonds. The number of esters is 1. The van der Waals surface area contributed by atoms with Gasteiger partial charge in [-0.05, 0) is 66.6 Å². The number of nitro benzene ring substituents is 1. The van der Waals surface area contributed by atoms with Gasteiger partial charge in [0.15, 0.2) is 11.5 Å². The first-order chi connectivity index (χ1) is 17.1. The van der Waals surface area contributed by atoms with Crippen molar-refractivity contribution in [2.45, 2.75) is 33.0 Å². The van der Waals surface area contributed by atoms with Crippen LogP contribution in [0.3, 0.4) is 0 Å². The van der Waals surface area contributed by atoms with E-state index in [2.05, 4.69) is 15.9 Å². The molecule has 0 bridgehead atoms. The summed E-state index contributed by atoms with van der Waals surface area (Å²) in [5, 5.41) is 10.2. The zero-order valence-corrected chi connectivity index (χ0v) is 22.1. The molecular formula is C24H23BrN2O8S. The Bertz CT molecular complexity index is 1220. The van der Waals surface area contributed by atoms with E-state index in [1.54, 1.807) is 31.2 Å². The van der Waals surface area contributed by atoms with Crippen molar-refractivity contribution in [3.8, 4) is 11.5 Å². The Labute approximate surface area is 219 Å². The molecule has 36 heavy (non-hydrogen) atoms. The van der Waals surface area contributed by atoms with Crippen molar-refractivity contribution >= 4 is 56.6 Å². The number of hydrogen-bond acceptors (Lipinski definition) is 9. The summed E-state index contributed by atoms with van der Waals surface area (Å²) in [6.07, 6.45) is 1.84. The highest BCUT2D eigenvalue weighted by Crippen LogP contribution is 2.38. The Morgan fingerprint density at radius 2 is 1.92 bits per heavy atom. The fourth-order valence-corrected chi connectivity index (χ4v) is 4.33. The zero-order valence-electron chi connectivity index (χ0n) is 19.7. The van der Waals surface area contributed by atoms with E-state index in [0.717, 1.165) is 22.2 Å². The molecule has 190 valence electrons. The molecule has 12 heteroatoms. The molecule has 0 unspecified atom stereocenters. The number of thioether (sulfide) groups is 1. The topological polar surface area (TPSA) is 125 Å². The minimum absolute atomic E-state index is 0.0137. The summed E-state index contributed by atoms with van der Waals surface area (Å²) in [5.41, 5.74) is 1.27. The molecule has 3 rings (SSSR count). The fraction of sp³-hybridized carbons (Fsp3) is 0.292. The van der Waals surface area contributed by atoms with Gasteiger partial charge in [0.05, 0.1) is 23.0 Å². The average Bonchev–Trinajstić information content (AvgIpc) is 3.11. The molecule has 10 nitrogen and oxygen atoms in total. The van der Waals surface area contributed by atoms with Crippen LogP contribution in [-0.4, -0.2) is 46.7 Å². The summed E-state index contributed by atoms with van der Waals surface area (Å²) in [6, 6.07) is 9.29. The summed E-state index contributed by atoms with van der Waals surface area (Å²) in [4.78, 5) is 48.5. The maximum absolute atomic E-state index is 12.8. The summed E-state index contributed by atoms with van der Waals surface area (Å²) in [7, 11) is 1.46. The summed E-state index contributed by atoms with van der Waals surface area (Å²) in [5.74, 6) is -0.454. The van der Waals surface area contributed by atoms with Gasteiger partial charge in [0, 0.05) is 16.6 Å². The minimum Gasteiger partial charge on any atom is -0.493 e. The molecule has 1 fully saturated rings. The largest absolute Gasteiger partial charge is 0.493 e. The third-order valence-electron chi connectivity index (χ3n) is 5.18. The number of rotatable bonds is 10. The average molecular weight is 579 g/mol. The Hall–Kier alpha value is -3.38. The second-order valence-corrected chi connectivity index (χ2v) is 9.56. The zero-order chi connectivity index (χ0) is 26.4. The SMILES string of the molecule is CC[C@H](C)OC(=O)CN1C(=O)S/C(=C/c2cc(OC)c(OCc3ccc([N+](=O)[O-])cc3)cc2Br)C1=O. The normalized spacial score (nSPS) is 15.2. The number of methoxy groups -OCH3 is 1. The molecule has 1 saturated heterocycles. The molecule has 2 aromatic rings. The predicted molar refractivity (Wildman–Crippen MR) is 137 cm³/mol. The van der Waals surface area contributed by atoms with Crippen LogP contribution in [0.1, 0.15) is 31.4 Å². The number of nitro groups is 1. The van der Waals surface area contributed by atoms with Crippen LogP contribution in [0.4, 0.5) is 10.5 Å². The first-order valence-electron chi connectivity index (χ1n) is 10.8. The minimum atomic E-state index is -0.648. The second kappa shape index (κ2) is 12.0. The van der Waals surface area contributed by atoms with E-state index < -0.39 is 28.6 Å². The van der Waals surface area contributed by atoms with Crippen LogP contribution in [0.2, 0.25) is 0 Å². The monoisotopic (exact) mass is 578 g/mol. The van der Waals surface area contributed by atoms with Crippen LogP contribution in [0.15, 0.2) is 45.8 Å². The van der Waals surface area contributed by atoms with Crippen LogP contribution in [0.25, 0.3) is 6.08 Å². The van der Waals surface area contributed by atoms with Crippen molar-refractivity contribution in [1.82, 2.24) is 4.90 Å². The van der Waals surface area contributed by atoms with Crippen molar-refractivity contribution < 1.29 is 33.5 Å². The molecular weight excluding hydrogens is 556 g/mol. The van der Waals surface area contributed by atoms with E-state index >= 15 is 0 Å². The van der Waals surface area contributed by atoms with E-state index in [-0.39, 0.29) is 23.3 Å². The lowest BCUT2D eigenvalue weighted by Crippen LogP contribution is -2.35. The second-order valence-electron chi connectivity index (χ2n) is 7.71. The summed E-state index contributed by atoms with van der Waals surface area (Å²) < 4.78 is 17.0. The van der Waals surface area contributed by atoms with Crippen molar-refractivity contribution in [3.05, 3.63) is 67.0 Å². The van der Waals surface area contributed by atoms with Crippen LogP contribution in [-0.2, 0) is 20.9 Å². The number of ether oxygens (including phenoxy) is 3. The van der Waals surface area contributed by atoms with Gasteiger partial charge in [-0.1, -0.05) is 22.9 Å². The van der Waals surface area contributed by atoms with Gasteiger partial charge >= 0.3 is 5.97 Å². The van der Waals surface area contributed by atoms with E-state index in [1.165, 1.54) is 25.3 Å². The number of carbonyl (C=O) groups excluding carboxylic acids is 3. The smallest absolute Gasteiger partial charge is 0.326 e. The Balaban J connectivity index is 1.74. The van der Waals surface area contributed by atoms with Crippen LogP contribution in [0, 0.1) is 10.1 Å². The van der Waals surface area contributed by atoms with Crippen LogP contribution in [0.5, 0.6) is 11.5 Å². The van der Waals surface area contributed by atoms with Gasteiger partial charge in [-0.3, -0.25) is 29.4 Å². The quantitative estimate of drug-likeness (QED) is 0.159. The number of nitrogens with zero attached hydrogens (tertiary/aromatic N) is 2. The first kappa shape index (κ1) is 27.2. The number of halogens is 1. The third kappa shape index (κ3) is 6.64. The Morgan fingerprint density at radius 1 is 1.22 bits per heavy atom. The number of non-ortho nitro benzene ring substituents is 1. The summed E-state index contributed by atoms with van der Waals surface area (Å²) in [6.45, 7) is 3.28. The van der Waals surface area contributed by atoms with Gasteiger partial charge in [-0.2, -0.15) is 0 Å². The highest BCUT2D eigenvalue weighted by atomic mass is 79.9. The molecule has 1 aliphatic heterocycles. The van der Waals surface area contributed by atoms with Gasteiger partial charge in [-0.15, -0.1) is 0 Å². The molecule has 0 aromatic heterocycles. The first-order valence-corrected chi connectivity index (χ1v) is 12.4. The fourth-order valence-electron chi connectivity index (χ4n) is 3.06. The van der Waals surface area contributed by atoms with E-state index in [9.17, 15) is 24.5 Å². The summed E-state index contributed by atoms with van der Waals surface area (Å²) >= 11 is 4.18. The predicted octanol–water partition coefficient (Wildman–Crippen LogP) is 5.32. The number of carbonyl (C=O) groups is 3. The number of imide groups is 1. The van der Waals surface area contributed by atoms with E-state index in [4.69, 9.17) is 14.2 Å². The van der Waals surface area contributed by atoms with Crippen molar-refractivity contribution in [3.63, 3.8) is 0 Å². The highest BCUT2D eigenvalue weighted by molar-refractivity contribution is 9.10. The van der Waals surface area contributed by atoms with Gasteiger partial charge in [0.1, 0.15) is 13.2 Å². The van der Waals surface area contributed by atoms with Gasteiger partial charge in [-0.25, -0.2) is 0 Å². The third-order valence-corrected chi connectivity index (χ3v) is 6.77. The lowest BCUT2D eigenvalue weighted by atomic mass is 10.1. The lowest BCUT2D eigenvalue weighted by Gasteiger charge is -2.15. The van der Waals surface area contributed by atoms with Gasteiger partial charge in [0.25, 0.3) is 16.8 Å². The maximum atomic E-state index is 12.8. The van der Waals surface area contributed by atoms with Gasteiger partial charge < -0.3 is 14.2 Å². The molecule has 0 saturated carbocycles. The number of hydrogen-bond donors (Lipinski definition) is 0. The number of benzene rings is 2. The van der Waals surface area contributed by atoms with Crippen molar-refractivity contribution in [2.24, 2.45) is 0 Å².